The zero-order valence-corrected chi connectivity index (χ0v) is 27.4. The van der Waals surface area contributed by atoms with Crippen molar-refractivity contribution in [2.24, 2.45) is 0 Å². The molecule has 0 fully saturated rings. The number of benzene rings is 4. The first-order chi connectivity index (χ1) is 21.5. The number of hydrogen-bond donors (Lipinski definition) is 1. The lowest BCUT2D eigenvalue weighted by molar-refractivity contribution is -0.140. The Morgan fingerprint density at radius 3 is 2.16 bits per heavy atom. The van der Waals surface area contributed by atoms with Gasteiger partial charge < -0.3 is 15.0 Å². The smallest absolute Gasteiger partial charge is 0.264 e. The second-order valence-corrected chi connectivity index (χ2v) is 13.3. The molecular weight excluding hydrogens is 610 g/mol. The van der Waals surface area contributed by atoms with E-state index in [1.165, 1.54) is 30.2 Å². The first kappa shape index (κ1) is 33.6. The zero-order chi connectivity index (χ0) is 32.6. The number of halogens is 1. The van der Waals surface area contributed by atoms with Gasteiger partial charge in [-0.25, -0.2) is 8.42 Å². The van der Waals surface area contributed by atoms with Crippen molar-refractivity contribution in [2.45, 2.75) is 50.7 Å². The lowest BCUT2D eigenvalue weighted by Crippen LogP contribution is -2.54. The van der Waals surface area contributed by atoms with Crippen molar-refractivity contribution in [3.05, 3.63) is 125 Å². The van der Waals surface area contributed by atoms with Crippen LogP contribution >= 0.6 is 11.6 Å². The number of carbonyl (C=O) groups excluding carboxylic acids is 2. The molecule has 0 bridgehead atoms. The predicted molar refractivity (Wildman–Crippen MR) is 178 cm³/mol. The average molecular weight is 648 g/mol. The van der Waals surface area contributed by atoms with Crippen molar-refractivity contribution in [3.8, 4) is 5.75 Å². The van der Waals surface area contributed by atoms with Crippen LogP contribution in [0.2, 0.25) is 5.02 Å². The van der Waals surface area contributed by atoms with Gasteiger partial charge >= 0.3 is 0 Å². The van der Waals surface area contributed by atoms with Crippen LogP contribution in [-0.2, 0) is 32.6 Å². The number of anilines is 1. The molecule has 0 saturated carbocycles. The molecule has 0 aromatic heterocycles. The molecule has 236 valence electrons. The van der Waals surface area contributed by atoms with Gasteiger partial charge in [-0.1, -0.05) is 77.8 Å². The number of nitrogens with one attached hydrogen (secondary N) is 1. The van der Waals surface area contributed by atoms with Crippen LogP contribution in [-0.4, -0.2) is 50.9 Å². The van der Waals surface area contributed by atoms with Gasteiger partial charge in [0.2, 0.25) is 11.8 Å². The van der Waals surface area contributed by atoms with Gasteiger partial charge in [0, 0.05) is 24.0 Å². The molecule has 0 aliphatic rings. The van der Waals surface area contributed by atoms with E-state index in [-0.39, 0.29) is 35.5 Å². The highest BCUT2D eigenvalue weighted by molar-refractivity contribution is 7.92. The molecule has 1 N–H and O–H groups in total. The number of methoxy groups -OCH3 is 1. The molecule has 0 aliphatic carbocycles. The SMILES string of the molecule is COc1ccc(S(=O)(=O)N(CC(=O)N(Cc2cccc(C)c2)[C@@H](Cc2ccccc2)C(=O)NC(C)C)c2cccc(Cl)c2)cc1. The van der Waals surface area contributed by atoms with Gasteiger partial charge in [0.05, 0.1) is 17.7 Å². The fraction of sp³-hybridized carbons (Fsp3) is 0.257. The molecular formula is C35H38ClN3O5S. The average Bonchev–Trinajstić information content (AvgIpc) is 3.01. The molecule has 45 heavy (non-hydrogen) atoms. The maximum absolute atomic E-state index is 14.5. The largest absolute Gasteiger partial charge is 0.497 e. The summed E-state index contributed by atoms with van der Waals surface area (Å²) in [7, 11) is -2.77. The minimum absolute atomic E-state index is 0.0281. The summed E-state index contributed by atoms with van der Waals surface area (Å²) in [6.45, 7) is 5.18. The summed E-state index contributed by atoms with van der Waals surface area (Å²) in [5, 5.41) is 3.27. The molecule has 0 heterocycles. The second kappa shape index (κ2) is 15.1. The van der Waals surface area contributed by atoms with Gasteiger partial charge in [0.1, 0.15) is 18.3 Å². The Labute approximate surface area is 270 Å². The molecule has 0 spiro atoms. The number of carbonyl (C=O) groups is 2. The van der Waals surface area contributed by atoms with Crippen LogP contribution < -0.4 is 14.4 Å². The van der Waals surface area contributed by atoms with Crippen LogP contribution in [0.15, 0.2) is 108 Å². The summed E-state index contributed by atoms with van der Waals surface area (Å²) in [6.07, 6.45) is 0.235. The van der Waals surface area contributed by atoms with E-state index in [1.54, 1.807) is 30.3 Å². The van der Waals surface area contributed by atoms with E-state index in [4.69, 9.17) is 16.3 Å². The number of rotatable bonds is 13. The van der Waals surface area contributed by atoms with Crippen molar-refractivity contribution in [1.82, 2.24) is 10.2 Å². The van der Waals surface area contributed by atoms with Crippen molar-refractivity contribution in [1.29, 1.82) is 0 Å². The standard InChI is InChI=1S/C35H38ClN3O5S/c1-25(2)37-35(41)33(21-27-11-6-5-7-12-27)38(23-28-13-8-10-26(3)20-28)34(40)24-39(30-15-9-14-29(36)22-30)45(42,43)32-18-16-31(44-4)17-19-32/h5-20,22,25,33H,21,23-24H2,1-4H3,(H,37,41)/t33-/m0/s1. The molecule has 8 nitrogen and oxygen atoms in total. The molecule has 0 radical (unpaired) electrons. The van der Waals surface area contributed by atoms with E-state index in [0.29, 0.717) is 10.8 Å². The van der Waals surface area contributed by atoms with Crippen LogP contribution in [0.5, 0.6) is 5.75 Å². The molecule has 1 atom stereocenters. The fourth-order valence-electron chi connectivity index (χ4n) is 4.98. The van der Waals surface area contributed by atoms with E-state index >= 15 is 0 Å². The molecule has 0 saturated heterocycles. The van der Waals surface area contributed by atoms with Gasteiger partial charge in [0.25, 0.3) is 10.0 Å². The summed E-state index contributed by atoms with van der Waals surface area (Å²) in [5.74, 6) is -0.390. The quantitative estimate of drug-likeness (QED) is 0.192. The van der Waals surface area contributed by atoms with E-state index in [9.17, 15) is 18.0 Å². The highest BCUT2D eigenvalue weighted by atomic mass is 35.5. The summed E-state index contributed by atoms with van der Waals surface area (Å²) < 4.78 is 34.5. The Morgan fingerprint density at radius 2 is 1.53 bits per heavy atom. The van der Waals surface area contributed by atoms with E-state index in [2.05, 4.69) is 5.32 Å². The molecule has 4 rings (SSSR count). The van der Waals surface area contributed by atoms with Crippen molar-refractivity contribution in [3.63, 3.8) is 0 Å². The highest BCUT2D eigenvalue weighted by Gasteiger charge is 2.35. The molecule has 4 aromatic carbocycles. The summed E-state index contributed by atoms with van der Waals surface area (Å²) >= 11 is 6.29. The zero-order valence-electron chi connectivity index (χ0n) is 25.8. The summed E-state index contributed by atoms with van der Waals surface area (Å²) in [5.41, 5.74) is 2.88. The minimum Gasteiger partial charge on any atom is -0.497 e. The Hall–Kier alpha value is -4.34. The van der Waals surface area contributed by atoms with Gasteiger partial charge in [-0.15, -0.1) is 0 Å². The van der Waals surface area contributed by atoms with Crippen LogP contribution in [0.4, 0.5) is 5.69 Å². The third-order valence-corrected chi connectivity index (χ3v) is 9.18. The fourth-order valence-corrected chi connectivity index (χ4v) is 6.57. The number of nitrogens with zero attached hydrogens (tertiary/aromatic N) is 2. The monoisotopic (exact) mass is 647 g/mol. The molecule has 0 unspecified atom stereocenters. The van der Waals surface area contributed by atoms with Crippen LogP contribution in [0.25, 0.3) is 0 Å². The first-order valence-electron chi connectivity index (χ1n) is 14.6. The number of sulfonamides is 1. The molecule has 2 amide bonds. The predicted octanol–water partition coefficient (Wildman–Crippen LogP) is 6.02. The van der Waals surface area contributed by atoms with Crippen LogP contribution in [0, 0.1) is 6.92 Å². The van der Waals surface area contributed by atoms with Gasteiger partial charge in [0.15, 0.2) is 0 Å². The van der Waals surface area contributed by atoms with Gasteiger partial charge in [-0.2, -0.15) is 0 Å². The Morgan fingerprint density at radius 1 is 0.867 bits per heavy atom. The Balaban J connectivity index is 1.81. The summed E-state index contributed by atoms with van der Waals surface area (Å²) in [4.78, 5) is 29.7. The Bertz CT molecular complexity index is 1710. The minimum atomic E-state index is -4.26. The number of amides is 2. The van der Waals surface area contributed by atoms with Gasteiger partial charge in [-0.3, -0.25) is 13.9 Å². The maximum Gasteiger partial charge on any atom is 0.264 e. The second-order valence-electron chi connectivity index (χ2n) is 11.0. The lowest BCUT2D eigenvalue weighted by atomic mass is 10.0. The summed E-state index contributed by atoms with van der Waals surface area (Å²) in [6, 6.07) is 28.3. The van der Waals surface area contributed by atoms with E-state index in [1.807, 2.05) is 75.4 Å². The first-order valence-corrected chi connectivity index (χ1v) is 16.4. The van der Waals surface area contributed by atoms with E-state index in [0.717, 1.165) is 21.0 Å². The van der Waals surface area contributed by atoms with Crippen molar-refractivity contribution >= 4 is 39.1 Å². The number of aryl methyl sites for hydroxylation is 1. The maximum atomic E-state index is 14.5. The molecule has 10 heteroatoms. The third-order valence-electron chi connectivity index (χ3n) is 7.16. The molecule has 4 aromatic rings. The van der Waals surface area contributed by atoms with Crippen molar-refractivity contribution in [2.75, 3.05) is 18.0 Å². The van der Waals surface area contributed by atoms with Crippen LogP contribution in [0.1, 0.15) is 30.5 Å². The topological polar surface area (TPSA) is 96.0 Å². The third kappa shape index (κ3) is 8.86. The van der Waals surface area contributed by atoms with E-state index < -0.39 is 28.5 Å². The highest BCUT2D eigenvalue weighted by Crippen LogP contribution is 2.28. The van der Waals surface area contributed by atoms with Crippen LogP contribution in [0.3, 0.4) is 0 Å². The van der Waals surface area contributed by atoms with Gasteiger partial charge in [-0.05, 0) is 74.4 Å². The number of ether oxygens (including phenoxy) is 1. The normalized spacial score (nSPS) is 12.0. The van der Waals surface area contributed by atoms with Crippen molar-refractivity contribution < 1.29 is 22.7 Å². The molecule has 0 aliphatic heterocycles. The Kier molecular flexibility index (Phi) is 11.3. The number of hydrogen-bond acceptors (Lipinski definition) is 5. The lowest BCUT2D eigenvalue weighted by Gasteiger charge is -2.34.